The normalized spacial score (nSPS) is 11.3. The fraction of sp³-hybridized carbons (Fsp3) is 0.211. The fourth-order valence-corrected chi connectivity index (χ4v) is 2.22. The second kappa shape index (κ2) is 9.22. The van der Waals surface area contributed by atoms with Crippen LogP contribution >= 0.6 is 0 Å². The monoisotopic (exact) mass is 357 g/mol. The van der Waals surface area contributed by atoms with Gasteiger partial charge in [-0.2, -0.15) is 0 Å². The minimum atomic E-state index is -1.18. The molecule has 0 aliphatic carbocycles. The summed E-state index contributed by atoms with van der Waals surface area (Å²) in [7, 11) is 0. The van der Waals surface area contributed by atoms with Crippen LogP contribution in [0.5, 0.6) is 5.75 Å². The average molecular weight is 357 g/mol. The number of rotatable bonds is 6. The molecule has 7 heteroatoms. The van der Waals surface area contributed by atoms with Crippen LogP contribution in [0.2, 0.25) is 0 Å². The number of esters is 2. The minimum absolute atomic E-state index is 0.0255. The highest BCUT2D eigenvalue weighted by Gasteiger charge is 2.25. The van der Waals surface area contributed by atoms with E-state index in [1.807, 2.05) is 18.2 Å². The molecule has 1 atom stereocenters. The number of benzene rings is 2. The van der Waals surface area contributed by atoms with Crippen LogP contribution in [0.25, 0.3) is 0 Å². The van der Waals surface area contributed by atoms with Crippen LogP contribution in [0.15, 0.2) is 54.6 Å². The lowest BCUT2D eigenvalue weighted by Gasteiger charge is -2.17. The maximum atomic E-state index is 12.1. The number of nitrogens with one attached hydrogen (secondary N) is 1. The minimum Gasteiger partial charge on any atom is -0.508 e. The van der Waals surface area contributed by atoms with Crippen LogP contribution in [0, 0.1) is 0 Å². The van der Waals surface area contributed by atoms with Crippen molar-refractivity contribution in [1.82, 2.24) is 5.32 Å². The largest absolute Gasteiger partial charge is 0.508 e. The van der Waals surface area contributed by atoms with Gasteiger partial charge in [0.25, 0.3) is 0 Å². The first-order valence-electron chi connectivity index (χ1n) is 7.92. The summed E-state index contributed by atoms with van der Waals surface area (Å²) in [6.07, 6.45) is -0.894. The van der Waals surface area contributed by atoms with Crippen molar-refractivity contribution < 1.29 is 29.0 Å². The van der Waals surface area contributed by atoms with Gasteiger partial charge < -0.3 is 19.9 Å². The molecule has 1 amide bonds. The predicted octanol–water partition coefficient (Wildman–Crippen LogP) is 2.32. The fourth-order valence-electron chi connectivity index (χ4n) is 2.22. The Bertz CT molecular complexity index is 775. The number of amides is 1. The zero-order chi connectivity index (χ0) is 18.9. The van der Waals surface area contributed by atoms with Crippen molar-refractivity contribution in [3.8, 4) is 5.75 Å². The number of carbonyl (C=O) groups is 3. The van der Waals surface area contributed by atoms with Gasteiger partial charge in [-0.1, -0.05) is 48.5 Å². The number of ether oxygens (including phenoxy) is 2. The van der Waals surface area contributed by atoms with E-state index in [-0.39, 0.29) is 18.8 Å². The van der Waals surface area contributed by atoms with Crippen LogP contribution in [-0.4, -0.2) is 29.2 Å². The van der Waals surface area contributed by atoms with E-state index in [2.05, 4.69) is 10.1 Å². The van der Waals surface area contributed by atoms with Gasteiger partial charge in [0.15, 0.2) is 0 Å². The van der Waals surface area contributed by atoms with E-state index >= 15 is 0 Å². The third-order valence-electron chi connectivity index (χ3n) is 3.45. The number of hydrogen-bond donors (Lipinski definition) is 2. The summed E-state index contributed by atoms with van der Waals surface area (Å²) in [4.78, 5) is 35.1. The molecule has 2 aromatic rings. The van der Waals surface area contributed by atoms with E-state index in [1.54, 1.807) is 30.3 Å². The van der Waals surface area contributed by atoms with Crippen LogP contribution in [0.3, 0.4) is 0 Å². The van der Waals surface area contributed by atoms with Gasteiger partial charge >= 0.3 is 18.0 Å². The number of aromatic hydroxyl groups is 1. The quantitative estimate of drug-likeness (QED) is 0.608. The van der Waals surface area contributed by atoms with Crippen molar-refractivity contribution in [3.05, 3.63) is 65.7 Å². The van der Waals surface area contributed by atoms with Gasteiger partial charge in [-0.05, 0) is 17.2 Å². The molecule has 0 radical (unpaired) electrons. The molecular weight excluding hydrogens is 338 g/mol. The summed E-state index contributed by atoms with van der Waals surface area (Å²) in [5.41, 5.74) is 1.20. The lowest BCUT2D eigenvalue weighted by Crippen LogP contribution is -2.44. The zero-order valence-electron chi connectivity index (χ0n) is 14.2. The highest BCUT2D eigenvalue weighted by atomic mass is 16.6. The van der Waals surface area contributed by atoms with Gasteiger partial charge in [0.1, 0.15) is 18.4 Å². The summed E-state index contributed by atoms with van der Waals surface area (Å²) < 4.78 is 9.63. The van der Waals surface area contributed by atoms with Crippen molar-refractivity contribution in [2.75, 3.05) is 0 Å². The molecule has 2 rings (SSSR count). The Balaban J connectivity index is 2.03. The summed E-state index contributed by atoms with van der Waals surface area (Å²) in [5.74, 6) is -1.76. The number of carbonyl (C=O) groups excluding carboxylic acids is 3. The number of alkyl carbamates (subject to hydrolysis) is 1. The van der Waals surface area contributed by atoms with E-state index in [1.165, 1.54) is 6.07 Å². The van der Waals surface area contributed by atoms with Crippen LogP contribution < -0.4 is 5.32 Å². The number of phenols is 1. The summed E-state index contributed by atoms with van der Waals surface area (Å²) in [6.45, 7) is 1.11. The van der Waals surface area contributed by atoms with Crippen molar-refractivity contribution in [1.29, 1.82) is 0 Å². The second-order valence-corrected chi connectivity index (χ2v) is 5.50. The Morgan fingerprint density at radius 3 is 2.35 bits per heavy atom. The maximum Gasteiger partial charge on any atom is 0.408 e. The molecule has 2 aromatic carbocycles. The topological polar surface area (TPSA) is 102 Å². The Morgan fingerprint density at radius 2 is 1.69 bits per heavy atom. The molecular formula is C19H19NO6. The second-order valence-electron chi connectivity index (χ2n) is 5.50. The molecule has 136 valence electrons. The molecule has 0 aliphatic rings. The lowest BCUT2D eigenvalue weighted by molar-refractivity contribution is -0.159. The molecule has 7 nitrogen and oxygen atoms in total. The third-order valence-corrected chi connectivity index (χ3v) is 3.45. The van der Waals surface area contributed by atoms with Gasteiger partial charge in [0, 0.05) is 13.3 Å². The standard InChI is InChI=1S/C19H19NO6/c1-13(21)26-18(23)16(11-15-9-5-6-10-17(15)22)20-19(24)25-12-14-7-3-2-4-8-14/h2-10,16,22H,11-12H2,1H3,(H,20,24). The Labute approximate surface area is 150 Å². The van der Waals surface area contributed by atoms with E-state index in [0.717, 1.165) is 12.5 Å². The van der Waals surface area contributed by atoms with Crippen molar-refractivity contribution >= 4 is 18.0 Å². The number of phenolic OH excluding ortho intramolecular Hbond substituents is 1. The summed E-state index contributed by atoms with van der Waals surface area (Å²) in [5, 5.41) is 12.2. The molecule has 1 unspecified atom stereocenters. The maximum absolute atomic E-state index is 12.1. The molecule has 0 saturated carbocycles. The molecule has 0 aromatic heterocycles. The van der Waals surface area contributed by atoms with Crippen molar-refractivity contribution in [3.63, 3.8) is 0 Å². The number of para-hydroxylation sites is 1. The first kappa shape index (κ1) is 19.0. The predicted molar refractivity (Wildman–Crippen MR) is 92.1 cm³/mol. The van der Waals surface area contributed by atoms with E-state index < -0.39 is 24.1 Å². The molecule has 0 bridgehead atoms. The molecule has 0 aliphatic heterocycles. The van der Waals surface area contributed by atoms with Crippen LogP contribution in [0.1, 0.15) is 18.1 Å². The summed E-state index contributed by atoms with van der Waals surface area (Å²) >= 11 is 0. The summed E-state index contributed by atoms with van der Waals surface area (Å²) in [6, 6.07) is 14.2. The van der Waals surface area contributed by atoms with Gasteiger partial charge in [0.05, 0.1) is 0 Å². The Hall–Kier alpha value is -3.35. The zero-order valence-corrected chi connectivity index (χ0v) is 14.2. The Kier molecular flexibility index (Phi) is 6.73. The van der Waals surface area contributed by atoms with E-state index in [0.29, 0.717) is 5.56 Å². The average Bonchev–Trinajstić information content (AvgIpc) is 2.61. The highest BCUT2D eigenvalue weighted by Crippen LogP contribution is 2.18. The van der Waals surface area contributed by atoms with Crippen LogP contribution in [0.4, 0.5) is 4.79 Å². The molecule has 0 spiro atoms. The molecule has 0 heterocycles. The van der Waals surface area contributed by atoms with E-state index in [4.69, 9.17) is 4.74 Å². The third kappa shape index (κ3) is 5.94. The van der Waals surface area contributed by atoms with Gasteiger partial charge in [-0.3, -0.25) is 4.79 Å². The molecule has 0 fully saturated rings. The number of hydrogen-bond acceptors (Lipinski definition) is 6. The Morgan fingerprint density at radius 1 is 1.04 bits per heavy atom. The van der Waals surface area contributed by atoms with E-state index in [9.17, 15) is 19.5 Å². The SMILES string of the molecule is CC(=O)OC(=O)C(Cc1ccccc1O)NC(=O)OCc1ccccc1. The molecule has 0 saturated heterocycles. The first-order valence-corrected chi connectivity index (χ1v) is 7.92. The van der Waals surface area contributed by atoms with Crippen molar-refractivity contribution in [2.24, 2.45) is 0 Å². The lowest BCUT2D eigenvalue weighted by atomic mass is 10.1. The van der Waals surface area contributed by atoms with Gasteiger partial charge in [-0.25, -0.2) is 9.59 Å². The van der Waals surface area contributed by atoms with Gasteiger partial charge in [-0.15, -0.1) is 0 Å². The molecule has 2 N–H and O–H groups in total. The van der Waals surface area contributed by atoms with Crippen LogP contribution in [-0.2, 0) is 32.1 Å². The van der Waals surface area contributed by atoms with Crippen molar-refractivity contribution in [2.45, 2.75) is 26.0 Å². The highest BCUT2D eigenvalue weighted by molar-refractivity contribution is 5.89. The smallest absolute Gasteiger partial charge is 0.408 e. The first-order chi connectivity index (χ1) is 12.5. The van der Waals surface area contributed by atoms with Gasteiger partial charge in [0.2, 0.25) is 0 Å². The molecule has 26 heavy (non-hydrogen) atoms.